The second-order valence-electron chi connectivity index (χ2n) is 4.32. The van der Waals surface area contributed by atoms with Crippen LogP contribution in [-0.2, 0) is 11.2 Å². The summed E-state index contributed by atoms with van der Waals surface area (Å²) < 4.78 is 18.6. The normalized spacial score (nSPS) is 14.8. The molecule has 1 atom stereocenters. The molecule has 0 aliphatic carbocycles. The summed E-state index contributed by atoms with van der Waals surface area (Å²) in [5, 5.41) is 10.0. The van der Waals surface area contributed by atoms with Crippen LogP contribution in [0.1, 0.15) is 25.8 Å². The summed E-state index contributed by atoms with van der Waals surface area (Å²) in [6.45, 7) is 4.52. The summed E-state index contributed by atoms with van der Waals surface area (Å²) in [4.78, 5) is 0. The van der Waals surface area contributed by atoms with Crippen molar-refractivity contribution >= 4 is 0 Å². The molecule has 0 aromatic heterocycles. The third-order valence-electron chi connectivity index (χ3n) is 2.29. The highest BCUT2D eigenvalue weighted by atomic mass is 19.1. The van der Waals surface area contributed by atoms with Crippen molar-refractivity contribution in [2.75, 3.05) is 13.2 Å². The van der Waals surface area contributed by atoms with Gasteiger partial charge in [-0.2, -0.15) is 0 Å². The molecule has 2 nitrogen and oxygen atoms in total. The second-order valence-corrected chi connectivity index (χ2v) is 4.32. The van der Waals surface area contributed by atoms with E-state index in [-0.39, 0.29) is 18.8 Å². The summed E-state index contributed by atoms with van der Waals surface area (Å²) in [6, 6.07) is 6.49. The fourth-order valence-corrected chi connectivity index (χ4v) is 1.54. The maximum Gasteiger partial charge on any atom is 0.126 e. The van der Waals surface area contributed by atoms with E-state index in [2.05, 4.69) is 0 Å². The predicted octanol–water partition coefficient (Wildman–Crippen LogP) is 2.55. The van der Waals surface area contributed by atoms with Gasteiger partial charge in [-0.15, -0.1) is 0 Å². The minimum atomic E-state index is -1.02. The Morgan fingerprint density at radius 3 is 2.69 bits per heavy atom. The first kappa shape index (κ1) is 13.1. The van der Waals surface area contributed by atoms with E-state index in [1.807, 2.05) is 6.92 Å². The first-order valence-electron chi connectivity index (χ1n) is 5.59. The smallest absolute Gasteiger partial charge is 0.126 e. The fraction of sp³-hybridized carbons (Fsp3) is 0.538. The molecule has 3 heteroatoms. The molecule has 1 rings (SSSR count). The van der Waals surface area contributed by atoms with Crippen molar-refractivity contribution < 1.29 is 14.2 Å². The van der Waals surface area contributed by atoms with Crippen LogP contribution in [-0.4, -0.2) is 23.9 Å². The van der Waals surface area contributed by atoms with Crippen LogP contribution in [0.5, 0.6) is 0 Å². The first-order chi connectivity index (χ1) is 7.55. The molecular formula is C13H19FO2. The fourth-order valence-electron chi connectivity index (χ4n) is 1.54. The second kappa shape index (κ2) is 5.97. The molecule has 0 spiro atoms. The topological polar surface area (TPSA) is 29.5 Å². The Balaban J connectivity index is 2.55. The van der Waals surface area contributed by atoms with Crippen LogP contribution in [0.3, 0.4) is 0 Å². The molecule has 16 heavy (non-hydrogen) atoms. The van der Waals surface area contributed by atoms with Gasteiger partial charge in [0.1, 0.15) is 5.82 Å². The lowest BCUT2D eigenvalue weighted by Gasteiger charge is -2.23. The van der Waals surface area contributed by atoms with Crippen molar-refractivity contribution in [1.29, 1.82) is 0 Å². The van der Waals surface area contributed by atoms with E-state index in [0.717, 1.165) is 6.42 Å². The first-order valence-corrected chi connectivity index (χ1v) is 5.59. The van der Waals surface area contributed by atoms with Crippen molar-refractivity contribution in [3.8, 4) is 0 Å². The largest absolute Gasteiger partial charge is 0.387 e. The lowest BCUT2D eigenvalue weighted by Crippen LogP contribution is -2.33. The van der Waals surface area contributed by atoms with E-state index < -0.39 is 5.60 Å². The van der Waals surface area contributed by atoms with Crippen molar-refractivity contribution in [1.82, 2.24) is 0 Å². The molecule has 90 valence electrons. The number of aliphatic hydroxyl groups is 1. The number of ether oxygens (including phenoxy) is 1. The van der Waals surface area contributed by atoms with Gasteiger partial charge in [0.25, 0.3) is 0 Å². The van der Waals surface area contributed by atoms with E-state index in [9.17, 15) is 9.50 Å². The molecular weight excluding hydrogens is 207 g/mol. The quantitative estimate of drug-likeness (QED) is 0.755. The van der Waals surface area contributed by atoms with Gasteiger partial charge in [0.05, 0.1) is 12.2 Å². The Hall–Kier alpha value is -0.930. The van der Waals surface area contributed by atoms with Crippen LogP contribution in [0.15, 0.2) is 24.3 Å². The Morgan fingerprint density at radius 1 is 1.38 bits per heavy atom. The van der Waals surface area contributed by atoms with E-state index >= 15 is 0 Å². The average Bonchev–Trinajstić information content (AvgIpc) is 2.21. The van der Waals surface area contributed by atoms with Gasteiger partial charge < -0.3 is 9.84 Å². The average molecular weight is 226 g/mol. The summed E-state index contributed by atoms with van der Waals surface area (Å²) >= 11 is 0. The van der Waals surface area contributed by atoms with E-state index in [0.29, 0.717) is 12.2 Å². The summed E-state index contributed by atoms with van der Waals surface area (Å²) in [5.41, 5.74) is -0.496. The zero-order valence-electron chi connectivity index (χ0n) is 9.87. The lowest BCUT2D eigenvalue weighted by atomic mass is 9.97. The summed E-state index contributed by atoms with van der Waals surface area (Å²) in [5.74, 6) is -0.279. The minimum Gasteiger partial charge on any atom is -0.387 e. The molecule has 1 aromatic rings. The van der Waals surface area contributed by atoms with Gasteiger partial charge in [-0.1, -0.05) is 25.1 Å². The van der Waals surface area contributed by atoms with E-state index in [1.165, 1.54) is 6.07 Å². The molecule has 1 aromatic carbocycles. The van der Waals surface area contributed by atoms with Crippen LogP contribution in [0.4, 0.5) is 4.39 Å². The third kappa shape index (κ3) is 4.29. The highest BCUT2D eigenvalue weighted by Crippen LogP contribution is 2.16. The Bertz CT molecular complexity index is 323. The van der Waals surface area contributed by atoms with Gasteiger partial charge in [-0.25, -0.2) is 4.39 Å². The van der Waals surface area contributed by atoms with Crippen LogP contribution < -0.4 is 0 Å². The highest BCUT2D eigenvalue weighted by Gasteiger charge is 2.22. The molecule has 0 aliphatic rings. The lowest BCUT2D eigenvalue weighted by molar-refractivity contribution is -0.0333. The number of hydrogen-bond donors (Lipinski definition) is 1. The number of benzene rings is 1. The van der Waals surface area contributed by atoms with Gasteiger partial charge >= 0.3 is 0 Å². The monoisotopic (exact) mass is 226 g/mol. The molecule has 0 heterocycles. The Kier molecular flexibility index (Phi) is 4.90. The molecule has 0 fully saturated rings. The van der Waals surface area contributed by atoms with Gasteiger partial charge in [-0.05, 0) is 25.0 Å². The number of rotatable bonds is 6. The minimum absolute atomic E-state index is 0.231. The van der Waals surface area contributed by atoms with Gasteiger partial charge in [0, 0.05) is 13.0 Å². The van der Waals surface area contributed by atoms with Gasteiger partial charge in [0.15, 0.2) is 0 Å². The molecule has 1 unspecified atom stereocenters. The van der Waals surface area contributed by atoms with Gasteiger partial charge in [-0.3, -0.25) is 0 Å². The van der Waals surface area contributed by atoms with Crippen LogP contribution in [0, 0.1) is 5.82 Å². The predicted molar refractivity (Wildman–Crippen MR) is 61.8 cm³/mol. The van der Waals surface area contributed by atoms with Crippen molar-refractivity contribution in [2.24, 2.45) is 0 Å². The number of halogens is 1. The zero-order valence-corrected chi connectivity index (χ0v) is 9.87. The molecule has 0 saturated carbocycles. The standard InChI is InChI=1S/C13H19FO2/c1-3-8-16-10-13(2,15)9-11-6-4-5-7-12(11)14/h4-7,15H,3,8-10H2,1-2H3. The summed E-state index contributed by atoms with van der Waals surface area (Å²) in [7, 11) is 0. The van der Waals surface area contributed by atoms with E-state index in [1.54, 1.807) is 25.1 Å². The molecule has 0 bridgehead atoms. The molecule has 0 aliphatic heterocycles. The molecule has 1 N–H and O–H groups in total. The Labute approximate surface area is 96.1 Å². The van der Waals surface area contributed by atoms with Crippen molar-refractivity contribution in [3.63, 3.8) is 0 Å². The van der Waals surface area contributed by atoms with Crippen molar-refractivity contribution in [2.45, 2.75) is 32.3 Å². The Morgan fingerprint density at radius 2 is 2.06 bits per heavy atom. The maximum atomic E-state index is 13.4. The SMILES string of the molecule is CCCOCC(C)(O)Cc1ccccc1F. The van der Waals surface area contributed by atoms with Crippen LogP contribution in [0.25, 0.3) is 0 Å². The van der Waals surface area contributed by atoms with Crippen molar-refractivity contribution in [3.05, 3.63) is 35.6 Å². The highest BCUT2D eigenvalue weighted by molar-refractivity contribution is 5.19. The molecule has 0 saturated heterocycles. The third-order valence-corrected chi connectivity index (χ3v) is 2.29. The molecule has 0 radical (unpaired) electrons. The molecule has 0 amide bonds. The van der Waals surface area contributed by atoms with Gasteiger partial charge in [0.2, 0.25) is 0 Å². The zero-order chi connectivity index (χ0) is 12.0. The summed E-state index contributed by atoms with van der Waals surface area (Å²) in [6.07, 6.45) is 1.18. The number of hydrogen-bond acceptors (Lipinski definition) is 2. The van der Waals surface area contributed by atoms with Crippen LogP contribution in [0.2, 0.25) is 0 Å². The van der Waals surface area contributed by atoms with Crippen LogP contribution >= 0.6 is 0 Å². The maximum absolute atomic E-state index is 13.4. The van der Waals surface area contributed by atoms with E-state index in [4.69, 9.17) is 4.74 Å².